The Morgan fingerprint density at radius 3 is 2.13 bits per heavy atom. The van der Waals surface area contributed by atoms with E-state index in [2.05, 4.69) is 0 Å². The van der Waals surface area contributed by atoms with Crippen molar-refractivity contribution in [3.05, 3.63) is 157 Å². The standard InChI is InChI=1S/C42H26N2O/c1-3-10-31-24-33(22-18-27(31)8-1)29-16-20-30(21-17-29)37-26-38(34-23-19-28-9-2-4-11-32(28)25-34)44-42(43-37)36-13-7-15-40-41(36)35-12-5-6-14-39(35)45-40/h1-26H/i2D,4D,5D,6D,11D,13D,14D,15D,16D,17D,19D,20D,21D,23D. The topological polar surface area (TPSA) is 38.9 Å². The number of hydrogen-bond acceptors (Lipinski definition) is 3. The molecule has 0 spiro atoms. The zero-order valence-corrected chi connectivity index (χ0v) is 23.2. The number of hydrogen-bond donors (Lipinski definition) is 0. The fraction of sp³-hybridized carbons (Fsp3) is 0. The van der Waals surface area contributed by atoms with Crippen LogP contribution in [0, 0.1) is 0 Å². The summed E-state index contributed by atoms with van der Waals surface area (Å²) < 4.78 is 129. The van der Waals surface area contributed by atoms with Gasteiger partial charge in [-0.3, -0.25) is 0 Å². The molecule has 0 aliphatic rings. The first-order valence-corrected chi connectivity index (χ1v) is 14.0. The zero-order chi connectivity index (χ0) is 41.9. The molecule has 9 aromatic rings. The van der Waals surface area contributed by atoms with Crippen LogP contribution in [-0.4, -0.2) is 9.97 Å². The van der Waals surface area contributed by atoms with Crippen molar-refractivity contribution in [2.45, 2.75) is 0 Å². The first kappa shape index (κ1) is 15.1. The molecule has 2 aromatic heterocycles. The number of rotatable bonds is 4. The van der Waals surface area contributed by atoms with Gasteiger partial charge in [-0.05, 0) is 63.0 Å². The van der Waals surface area contributed by atoms with Crippen molar-refractivity contribution >= 4 is 43.5 Å². The molecule has 0 saturated heterocycles. The Balaban J connectivity index is 1.38. The fourth-order valence-corrected chi connectivity index (χ4v) is 5.43. The highest BCUT2D eigenvalue weighted by Crippen LogP contribution is 2.37. The number of fused-ring (bicyclic) bond motifs is 5. The Hall–Kier alpha value is -6.06. The Morgan fingerprint density at radius 1 is 0.467 bits per heavy atom. The average Bonchev–Trinajstić information content (AvgIpc) is 3.59. The largest absolute Gasteiger partial charge is 0.456 e. The third-order valence-corrected chi connectivity index (χ3v) is 7.62. The van der Waals surface area contributed by atoms with Crippen LogP contribution in [-0.2, 0) is 0 Å². The van der Waals surface area contributed by atoms with E-state index in [1.54, 1.807) is 12.1 Å². The van der Waals surface area contributed by atoms with Gasteiger partial charge in [0.05, 0.1) is 30.6 Å². The molecule has 210 valence electrons. The van der Waals surface area contributed by atoms with E-state index in [9.17, 15) is 2.74 Å². The molecular weight excluding hydrogens is 548 g/mol. The maximum Gasteiger partial charge on any atom is 0.161 e. The predicted molar refractivity (Wildman–Crippen MR) is 186 cm³/mol. The van der Waals surface area contributed by atoms with Crippen LogP contribution in [0.5, 0.6) is 0 Å². The molecule has 45 heavy (non-hydrogen) atoms. The van der Waals surface area contributed by atoms with Crippen molar-refractivity contribution < 1.29 is 23.6 Å². The Labute approximate surface area is 279 Å². The Bertz CT molecular complexity index is 3320. The van der Waals surface area contributed by atoms with Crippen LogP contribution in [0.3, 0.4) is 0 Å². The van der Waals surface area contributed by atoms with Gasteiger partial charge in [0.15, 0.2) is 5.82 Å². The van der Waals surface area contributed by atoms with Crippen LogP contribution >= 0.6 is 0 Å². The lowest BCUT2D eigenvalue weighted by atomic mass is 9.99. The van der Waals surface area contributed by atoms with E-state index >= 15 is 0 Å². The van der Waals surface area contributed by atoms with E-state index in [1.807, 2.05) is 30.3 Å². The monoisotopic (exact) mass is 588 g/mol. The molecule has 3 heteroatoms. The first-order valence-electron chi connectivity index (χ1n) is 21.0. The molecule has 2 heterocycles. The minimum atomic E-state index is -0.460. The molecule has 0 aliphatic carbocycles. The van der Waals surface area contributed by atoms with E-state index in [0.717, 1.165) is 16.8 Å². The summed E-state index contributed by atoms with van der Waals surface area (Å²) in [6.45, 7) is 0. The molecule has 3 nitrogen and oxygen atoms in total. The van der Waals surface area contributed by atoms with Crippen LogP contribution in [0.25, 0.3) is 88.5 Å². The number of furan rings is 1. The minimum Gasteiger partial charge on any atom is -0.456 e. The maximum absolute atomic E-state index is 9.26. The van der Waals surface area contributed by atoms with E-state index in [-0.39, 0.29) is 127 Å². The Morgan fingerprint density at radius 2 is 1.22 bits per heavy atom. The summed E-state index contributed by atoms with van der Waals surface area (Å²) in [6.07, 6.45) is 0. The van der Waals surface area contributed by atoms with Gasteiger partial charge in [-0.25, -0.2) is 9.97 Å². The lowest BCUT2D eigenvalue weighted by Crippen LogP contribution is -1.96. The van der Waals surface area contributed by atoms with Crippen LogP contribution in [0.4, 0.5) is 0 Å². The lowest BCUT2D eigenvalue weighted by molar-refractivity contribution is 0.669. The molecule has 0 amide bonds. The van der Waals surface area contributed by atoms with Gasteiger partial charge in [0.1, 0.15) is 11.2 Å². The highest BCUT2D eigenvalue weighted by molar-refractivity contribution is 6.11. The van der Waals surface area contributed by atoms with Crippen molar-refractivity contribution in [1.82, 2.24) is 9.97 Å². The number of benzene rings is 7. The van der Waals surface area contributed by atoms with Crippen LogP contribution in [0.2, 0.25) is 0 Å². The summed E-state index contributed by atoms with van der Waals surface area (Å²) in [5, 5.41) is 2.10. The van der Waals surface area contributed by atoms with Crippen molar-refractivity contribution in [3.63, 3.8) is 0 Å². The summed E-state index contributed by atoms with van der Waals surface area (Å²) in [5.74, 6) is -0.265. The van der Waals surface area contributed by atoms with Crippen molar-refractivity contribution in [2.75, 3.05) is 0 Å². The summed E-state index contributed by atoms with van der Waals surface area (Å²) in [6, 6.07) is 14.0. The quantitative estimate of drug-likeness (QED) is 0.205. The molecule has 0 bridgehead atoms. The van der Waals surface area contributed by atoms with Gasteiger partial charge in [0.25, 0.3) is 0 Å². The van der Waals surface area contributed by atoms with Gasteiger partial charge in [-0.2, -0.15) is 0 Å². The van der Waals surface area contributed by atoms with Crippen LogP contribution in [0.1, 0.15) is 19.2 Å². The highest BCUT2D eigenvalue weighted by atomic mass is 16.3. The SMILES string of the molecule is [2H]c1cc2c([2H])c([2H])c(-c3cc(-c4c([2H])c([2H])c(-c5ccc6ccccc6c5)c([2H])c4[2H])nc(-c4c([2H])cc([2H])c5oc6c([2H])c([2H])c([2H])cc6c45)n3)cc2c([2H])c1[2H]. The summed E-state index contributed by atoms with van der Waals surface area (Å²) in [5.41, 5.74) is -0.338. The normalized spacial score (nSPS) is 15.9. The number of para-hydroxylation sites is 1. The van der Waals surface area contributed by atoms with Gasteiger partial charge >= 0.3 is 0 Å². The molecule has 7 aromatic carbocycles. The van der Waals surface area contributed by atoms with Gasteiger partial charge in [0.2, 0.25) is 0 Å². The molecule has 0 unspecified atom stereocenters. The molecule has 0 radical (unpaired) electrons. The molecule has 9 rings (SSSR count). The Kier molecular flexibility index (Phi) is 3.45. The van der Waals surface area contributed by atoms with Gasteiger partial charge in [0, 0.05) is 27.5 Å². The second kappa shape index (κ2) is 10.3. The second-order valence-corrected chi connectivity index (χ2v) is 10.3. The van der Waals surface area contributed by atoms with E-state index in [1.165, 1.54) is 24.3 Å². The van der Waals surface area contributed by atoms with Gasteiger partial charge in [-0.15, -0.1) is 0 Å². The van der Waals surface area contributed by atoms with Gasteiger partial charge in [-0.1, -0.05) is 127 Å². The summed E-state index contributed by atoms with van der Waals surface area (Å²) in [4.78, 5) is 9.46. The zero-order valence-electron chi connectivity index (χ0n) is 37.2. The highest BCUT2D eigenvalue weighted by Gasteiger charge is 2.17. The lowest BCUT2D eigenvalue weighted by Gasteiger charge is -2.11. The first-order chi connectivity index (χ1) is 28.1. The second-order valence-electron chi connectivity index (χ2n) is 10.3. The molecule has 0 aliphatic heterocycles. The molecule has 0 atom stereocenters. The van der Waals surface area contributed by atoms with Crippen molar-refractivity contribution in [3.8, 4) is 45.0 Å². The summed E-state index contributed by atoms with van der Waals surface area (Å²) in [7, 11) is 0. The van der Waals surface area contributed by atoms with Crippen molar-refractivity contribution in [1.29, 1.82) is 0 Å². The molecular formula is C42H26N2O. The van der Waals surface area contributed by atoms with E-state index in [0.29, 0.717) is 5.56 Å². The maximum atomic E-state index is 9.26. The molecule has 0 N–H and O–H groups in total. The minimum absolute atomic E-state index is 0.0428. The van der Waals surface area contributed by atoms with E-state index < -0.39 is 30.2 Å². The van der Waals surface area contributed by atoms with Crippen LogP contribution in [0.15, 0.2) is 162 Å². The fourth-order valence-electron chi connectivity index (χ4n) is 5.43. The van der Waals surface area contributed by atoms with Crippen molar-refractivity contribution in [2.24, 2.45) is 0 Å². The van der Waals surface area contributed by atoms with E-state index in [4.69, 9.17) is 30.8 Å². The third kappa shape index (κ3) is 4.45. The third-order valence-electron chi connectivity index (χ3n) is 7.62. The number of nitrogens with zero attached hydrogens (tertiary/aromatic N) is 2. The summed E-state index contributed by atoms with van der Waals surface area (Å²) >= 11 is 0. The smallest absolute Gasteiger partial charge is 0.161 e. The number of aromatic nitrogens is 2. The van der Waals surface area contributed by atoms with Gasteiger partial charge < -0.3 is 4.42 Å². The van der Waals surface area contributed by atoms with Crippen LogP contribution < -0.4 is 0 Å². The average molecular weight is 589 g/mol. The molecule has 0 saturated carbocycles. The molecule has 0 fully saturated rings. The predicted octanol–water partition coefficient (Wildman–Crippen LogP) is 11.4.